The fraction of sp³-hybridized carbons (Fsp3) is 0.667. The number of rotatable bonds is 11. The van der Waals surface area contributed by atoms with Gasteiger partial charge in [-0.25, -0.2) is 0 Å². The van der Waals surface area contributed by atoms with Crippen molar-refractivity contribution in [2.45, 2.75) is 32.7 Å². The number of methoxy groups -OCH3 is 1. The van der Waals surface area contributed by atoms with Gasteiger partial charge in [-0.1, -0.05) is 25.5 Å². The summed E-state index contributed by atoms with van der Waals surface area (Å²) in [7, 11) is 3.54. The van der Waals surface area contributed by atoms with Crippen molar-refractivity contribution in [3.05, 3.63) is 29.8 Å². The average molecular weight is 505 g/mol. The van der Waals surface area contributed by atoms with Gasteiger partial charge in [0.1, 0.15) is 5.75 Å². The van der Waals surface area contributed by atoms with Crippen molar-refractivity contribution in [2.24, 2.45) is 10.9 Å². The number of unbranched alkanes of at least 4 members (excludes halogenated alkanes) is 1. The molecule has 1 aromatic rings. The fourth-order valence-electron chi connectivity index (χ4n) is 3.15. The van der Waals surface area contributed by atoms with Gasteiger partial charge >= 0.3 is 0 Å². The smallest absolute Gasteiger partial charge is 0.193 e. The Hall–Kier alpha value is -1.06. The molecule has 160 valence electrons. The highest BCUT2D eigenvalue weighted by Gasteiger charge is 2.24. The van der Waals surface area contributed by atoms with E-state index in [1.54, 1.807) is 7.11 Å². The van der Waals surface area contributed by atoms with E-state index in [1.165, 1.54) is 5.56 Å². The Bertz CT molecular complexity index is 572. The molecule has 1 unspecified atom stereocenters. The molecular weight excluding hydrogens is 469 g/mol. The van der Waals surface area contributed by atoms with Crippen molar-refractivity contribution >= 4 is 29.9 Å². The van der Waals surface area contributed by atoms with Crippen molar-refractivity contribution in [2.75, 3.05) is 53.7 Å². The highest BCUT2D eigenvalue weighted by Crippen LogP contribution is 2.17. The van der Waals surface area contributed by atoms with E-state index in [-0.39, 0.29) is 24.0 Å². The minimum atomic E-state index is 0. The molecule has 0 saturated carbocycles. The molecule has 1 fully saturated rings. The van der Waals surface area contributed by atoms with E-state index < -0.39 is 0 Å². The van der Waals surface area contributed by atoms with E-state index in [4.69, 9.17) is 14.2 Å². The van der Waals surface area contributed by atoms with Crippen LogP contribution in [0.4, 0.5) is 0 Å². The second kappa shape index (κ2) is 14.9. The van der Waals surface area contributed by atoms with E-state index in [2.05, 4.69) is 34.3 Å². The van der Waals surface area contributed by atoms with E-state index in [1.807, 2.05) is 19.2 Å². The first-order chi connectivity index (χ1) is 13.3. The molecule has 0 spiro atoms. The first kappa shape index (κ1) is 25.0. The van der Waals surface area contributed by atoms with Crippen LogP contribution in [-0.2, 0) is 16.0 Å². The molecule has 1 saturated heterocycles. The second-order valence-electron chi connectivity index (χ2n) is 6.92. The van der Waals surface area contributed by atoms with E-state index >= 15 is 0 Å². The van der Waals surface area contributed by atoms with Crippen LogP contribution in [0.1, 0.15) is 31.7 Å². The van der Waals surface area contributed by atoms with Crippen molar-refractivity contribution in [1.29, 1.82) is 0 Å². The summed E-state index contributed by atoms with van der Waals surface area (Å²) in [5.74, 6) is 2.44. The summed E-state index contributed by atoms with van der Waals surface area (Å²) in [6.07, 6.45) is 3.36. The van der Waals surface area contributed by atoms with Crippen molar-refractivity contribution in [1.82, 2.24) is 10.2 Å². The molecular formula is C21H36IN3O3. The third-order valence-corrected chi connectivity index (χ3v) is 4.70. The van der Waals surface area contributed by atoms with Crippen molar-refractivity contribution in [3.8, 4) is 5.75 Å². The lowest BCUT2D eigenvalue weighted by Gasteiger charge is -2.22. The normalized spacial score (nSPS) is 16.8. The molecule has 2 rings (SSSR count). The summed E-state index contributed by atoms with van der Waals surface area (Å²) in [5, 5.41) is 3.48. The summed E-state index contributed by atoms with van der Waals surface area (Å²) < 4.78 is 16.5. The molecule has 7 heteroatoms. The first-order valence-corrected chi connectivity index (χ1v) is 10.0. The third-order valence-electron chi connectivity index (χ3n) is 4.70. The summed E-state index contributed by atoms with van der Waals surface area (Å²) in [4.78, 5) is 6.76. The Balaban J connectivity index is 0.00000392. The minimum Gasteiger partial charge on any atom is -0.494 e. The number of ether oxygens (including phenoxy) is 3. The number of aliphatic imine (C=N–C) groups is 1. The molecule has 0 aliphatic carbocycles. The van der Waals surface area contributed by atoms with Crippen molar-refractivity contribution < 1.29 is 14.2 Å². The number of guanidine groups is 1. The summed E-state index contributed by atoms with van der Waals surface area (Å²) in [5.41, 5.74) is 1.20. The molecule has 0 aromatic heterocycles. The first-order valence-electron chi connectivity index (χ1n) is 10.0. The Morgan fingerprint density at radius 2 is 2.14 bits per heavy atom. The SMILES string of the molecule is CCCCOc1cccc(CNC(=NC)N2CCC(COCCOC)C2)c1.I. The Morgan fingerprint density at radius 1 is 1.29 bits per heavy atom. The lowest BCUT2D eigenvalue weighted by molar-refractivity contribution is 0.0536. The predicted octanol–water partition coefficient (Wildman–Crippen LogP) is 3.54. The topological polar surface area (TPSA) is 55.3 Å². The van der Waals surface area contributed by atoms with E-state index in [9.17, 15) is 0 Å². The number of benzene rings is 1. The standard InChI is InChI=1S/C21H35N3O3.HI/c1-4-5-11-27-20-8-6-7-18(14-20)15-23-21(22-2)24-10-9-19(16-24)17-26-13-12-25-3;/h6-8,14,19H,4-5,9-13,15-17H2,1-3H3,(H,22,23);1H. The van der Waals surface area contributed by atoms with Crippen LogP contribution in [-0.4, -0.2) is 64.5 Å². The number of nitrogens with one attached hydrogen (secondary N) is 1. The maximum absolute atomic E-state index is 5.80. The fourth-order valence-corrected chi connectivity index (χ4v) is 3.15. The summed E-state index contributed by atoms with van der Waals surface area (Å²) >= 11 is 0. The van der Waals surface area contributed by atoms with Gasteiger partial charge in [0.05, 0.1) is 26.4 Å². The third kappa shape index (κ3) is 8.96. The van der Waals surface area contributed by atoms with Gasteiger partial charge in [-0.15, -0.1) is 24.0 Å². The van der Waals surface area contributed by atoms with Crippen LogP contribution < -0.4 is 10.1 Å². The van der Waals surface area contributed by atoms with Crippen LogP contribution in [0.25, 0.3) is 0 Å². The molecule has 1 aromatic carbocycles. The molecule has 1 aliphatic rings. The molecule has 1 atom stereocenters. The molecule has 6 nitrogen and oxygen atoms in total. The van der Waals surface area contributed by atoms with E-state index in [0.717, 1.165) is 63.8 Å². The summed E-state index contributed by atoms with van der Waals surface area (Å²) in [6, 6.07) is 8.28. The summed E-state index contributed by atoms with van der Waals surface area (Å²) in [6.45, 7) is 7.78. The zero-order chi connectivity index (χ0) is 19.3. The van der Waals surface area contributed by atoms with Crippen LogP contribution in [0.3, 0.4) is 0 Å². The number of halogens is 1. The van der Waals surface area contributed by atoms with Gasteiger partial charge in [-0.3, -0.25) is 4.99 Å². The second-order valence-corrected chi connectivity index (χ2v) is 6.92. The van der Waals surface area contributed by atoms with Gasteiger partial charge in [-0.05, 0) is 30.5 Å². The Morgan fingerprint density at radius 3 is 2.89 bits per heavy atom. The number of hydrogen-bond acceptors (Lipinski definition) is 4. The number of likely N-dealkylation sites (tertiary alicyclic amines) is 1. The lowest BCUT2D eigenvalue weighted by atomic mass is 10.1. The van der Waals surface area contributed by atoms with Gasteiger partial charge in [0.25, 0.3) is 0 Å². The monoisotopic (exact) mass is 505 g/mol. The zero-order valence-electron chi connectivity index (χ0n) is 17.5. The maximum Gasteiger partial charge on any atom is 0.193 e. The molecule has 1 aliphatic heterocycles. The number of nitrogens with zero attached hydrogens (tertiary/aromatic N) is 2. The molecule has 1 heterocycles. The molecule has 1 N–H and O–H groups in total. The largest absolute Gasteiger partial charge is 0.494 e. The minimum absolute atomic E-state index is 0. The van der Waals surface area contributed by atoms with Crippen LogP contribution >= 0.6 is 24.0 Å². The van der Waals surface area contributed by atoms with Crippen LogP contribution in [0.15, 0.2) is 29.3 Å². The lowest BCUT2D eigenvalue weighted by Crippen LogP contribution is -2.39. The molecule has 28 heavy (non-hydrogen) atoms. The van der Waals surface area contributed by atoms with Crippen LogP contribution in [0.2, 0.25) is 0 Å². The quantitative estimate of drug-likeness (QED) is 0.216. The van der Waals surface area contributed by atoms with Gasteiger partial charge in [0.15, 0.2) is 5.96 Å². The molecule has 0 amide bonds. The van der Waals surface area contributed by atoms with Crippen LogP contribution in [0.5, 0.6) is 5.75 Å². The van der Waals surface area contributed by atoms with Gasteiger partial charge < -0.3 is 24.4 Å². The predicted molar refractivity (Wildman–Crippen MR) is 125 cm³/mol. The maximum atomic E-state index is 5.80. The number of hydrogen-bond donors (Lipinski definition) is 1. The van der Waals surface area contributed by atoms with Gasteiger partial charge in [0, 0.05) is 39.7 Å². The molecule has 0 radical (unpaired) electrons. The van der Waals surface area contributed by atoms with Gasteiger partial charge in [-0.2, -0.15) is 0 Å². The average Bonchev–Trinajstić information content (AvgIpc) is 3.15. The zero-order valence-corrected chi connectivity index (χ0v) is 19.8. The highest BCUT2D eigenvalue weighted by molar-refractivity contribution is 14.0. The Kier molecular flexibility index (Phi) is 13.3. The van der Waals surface area contributed by atoms with Crippen molar-refractivity contribution in [3.63, 3.8) is 0 Å². The molecule has 0 bridgehead atoms. The Labute approximate surface area is 187 Å². The van der Waals surface area contributed by atoms with Gasteiger partial charge in [0.2, 0.25) is 0 Å². The van der Waals surface area contributed by atoms with E-state index in [0.29, 0.717) is 19.1 Å². The van der Waals surface area contributed by atoms with Crippen LogP contribution in [0, 0.1) is 5.92 Å². The highest BCUT2D eigenvalue weighted by atomic mass is 127.